The Hall–Kier alpha value is -0.940. The molecule has 1 aromatic rings. The molecular formula is C14H25N5. The SMILES string of the molecule is c1cn(CCNC2CCCC2C2CCCCN2)nn1. The van der Waals surface area contributed by atoms with Gasteiger partial charge in [-0.25, -0.2) is 0 Å². The number of hydrogen-bond donors (Lipinski definition) is 2. The highest BCUT2D eigenvalue weighted by atomic mass is 15.4. The molecule has 1 aromatic heterocycles. The number of nitrogens with zero attached hydrogens (tertiary/aromatic N) is 3. The van der Waals surface area contributed by atoms with Crippen LogP contribution in [-0.4, -0.2) is 40.2 Å². The van der Waals surface area contributed by atoms with Gasteiger partial charge in [0.25, 0.3) is 0 Å². The highest BCUT2D eigenvalue weighted by molar-refractivity contribution is 4.92. The van der Waals surface area contributed by atoms with E-state index < -0.39 is 0 Å². The maximum Gasteiger partial charge on any atom is 0.0692 e. The number of aromatic nitrogens is 3. The molecular weight excluding hydrogens is 238 g/mol. The van der Waals surface area contributed by atoms with Gasteiger partial charge in [-0.05, 0) is 38.1 Å². The van der Waals surface area contributed by atoms with Gasteiger partial charge in [0.15, 0.2) is 0 Å². The van der Waals surface area contributed by atoms with E-state index in [2.05, 4.69) is 20.9 Å². The minimum absolute atomic E-state index is 0.694. The number of hydrogen-bond acceptors (Lipinski definition) is 4. The van der Waals surface area contributed by atoms with Gasteiger partial charge in [0.2, 0.25) is 0 Å². The molecule has 2 heterocycles. The predicted octanol–water partition coefficient (Wildman–Crippen LogP) is 1.18. The maximum absolute atomic E-state index is 4.00. The van der Waals surface area contributed by atoms with E-state index in [1.807, 2.05) is 10.9 Å². The van der Waals surface area contributed by atoms with Gasteiger partial charge in [0.1, 0.15) is 0 Å². The van der Waals surface area contributed by atoms with Crippen molar-refractivity contribution in [2.45, 2.75) is 57.2 Å². The Kier molecular flexibility index (Phi) is 4.45. The Morgan fingerprint density at radius 1 is 1.21 bits per heavy atom. The Labute approximate surface area is 115 Å². The van der Waals surface area contributed by atoms with Gasteiger partial charge in [-0.3, -0.25) is 4.68 Å². The third-order valence-electron chi connectivity index (χ3n) is 4.65. The molecule has 3 rings (SSSR count). The van der Waals surface area contributed by atoms with Gasteiger partial charge < -0.3 is 10.6 Å². The van der Waals surface area contributed by atoms with Crippen LogP contribution in [0.2, 0.25) is 0 Å². The van der Waals surface area contributed by atoms with Crippen molar-refractivity contribution in [1.29, 1.82) is 0 Å². The second-order valence-electron chi connectivity index (χ2n) is 5.88. The molecule has 3 unspecified atom stereocenters. The lowest BCUT2D eigenvalue weighted by atomic mass is 9.88. The fourth-order valence-corrected chi connectivity index (χ4v) is 3.68. The maximum atomic E-state index is 4.00. The van der Waals surface area contributed by atoms with Crippen molar-refractivity contribution in [3.8, 4) is 0 Å². The van der Waals surface area contributed by atoms with Gasteiger partial charge in [-0.2, -0.15) is 0 Å². The molecule has 19 heavy (non-hydrogen) atoms. The van der Waals surface area contributed by atoms with E-state index in [1.54, 1.807) is 6.20 Å². The minimum Gasteiger partial charge on any atom is -0.314 e. The third-order valence-corrected chi connectivity index (χ3v) is 4.65. The molecule has 3 atom stereocenters. The van der Waals surface area contributed by atoms with Gasteiger partial charge in [0.05, 0.1) is 12.7 Å². The van der Waals surface area contributed by atoms with Crippen molar-refractivity contribution < 1.29 is 0 Å². The average molecular weight is 263 g/mol. The van der Waals surface area contributed by atoms with Crippen LogP contribution in [0.5, 0.6) is 0 Å². The molecule has 0 bridgehead atoms. The first-order valence-electron chi connectivity index (χ1n) is 7.74. The first kappa shape index (κ1) is 13.1. The van der Waals surface area contributed by atoms with Crippen LogP contribution in [-0.2, 0) is 6.54 Å². The molecule has 0 amide bonds. The zero-order valence-electron chi connectivity index (χ0n) is 11.6. The Bertz CT molecular complexity index is 358. The van der Waals surface area contributed by atoms with Gasteiger partial charge in [-0.1, -0.05) is 18.1 Å². The Balaban J connectivity index is 1.46. The van der Waals surface area contributed by atoms with Crippen molar-refractivity contribution in [2.75, 3.05) is 13.1 Å². The molecule has 1 saturated heterocycles. The van der Waals surface area contributed by atoms with Crippen LogP contribution in [0, 0.1) is 5.92 Å². The molecule has 2 aliphatic rings. The van der Waals surface area contributed by atoms with E-state index in [1.165, 1.54) is 45.1 Å². The summed E-state index contributed by atoms with van der Waals surface area (Å²) in [5.74, 6) is 0.830. The summed E-state index contributed by atoms with van der Waals surface area (Å²) in [6.07, 6.45) is 11.9. The summed E-state index contributed by atoms with van der Waals surface area (Å²) in [5, 5.41) is 15.3. The minimum atomic E-state index is 0.694. The summed E-state index contributed by atoms with van der Waals surface area (Å²) in [7, 11) is 0. The zero-order chi connectivity index (χ0) is 12.9. The van der Waals surface area contributed by atoms with Crippen molar-refractivity contribution in [3.05, 3.63) is 12.4 Å². The molecule has 2 N–H and O–H groups in total. The lowest BCUT2D eigenvalue weighted by Crippen LogP contribution is -2.47. The lowest BCUT2D eigenvalue weighted by Gasteiger charge is -2.33. The first-order valence-corrected chi connectivity index (χ1v) is 7.74. The molecule has 2 fully saturated rings. The van der Waals surface area contributed by atoms with Crippen LogP contribution in [0.25, 0.3) is 0 Å². The number of rotatable bonds is 5. The molecule has 0 aromatic carbocycles. The fourth-order valence-electron chi connectivity index (χ4n) is 3.68. The van der Waals surface area contributed by atoms with Crippen molar-refractivity contribution in [2.24, 2.45) is 5.92 Å². The van der Waals surface area contributed by atoms with Gasteiger partial charge in [-0.15, -0.1) is 5.10 Å². The Morgan fingerprint density at radius 2 is 2.21 bits per heavy atom. The zero-order valence-corrected chi connectivity index (χ0v) is 11.6. The Morgan fingerprint density at radius 3 is 3.00 bits per heavy atom. The topological polar surface area (TPSA) is 54.8 Å². The van der Waals surface area contributed by atoms with Crippen molar-refractivity contribution >= 4 is 0 Å². The van der Waals surface area contributed by atoms with E-state index in [4.69, 9.17) is 0 Å². The van der Waals surface area contributed by atoms with Crippen LogP contribution in [0.1, 0.15) is 38.5 Å². The quantitative estimate of drug-likeness (QED) is 0.837. The normalized spacial score (nSPS) is 31.7. The van der Waals surface area contributed by atoms with E-state index in [9.17, 15) is 0 Å². The first-order chi connectivity index (χ1) is 9.43. The lowest BCUT2D eigenvalue weighted by molar-refractivity contribution is 0.256. The summed E-state index contributed by atoms with van der Waals surface area (Å²) >= 11 is 0. The van der Waals surface area contributed by atoms with Crippen LogP contribution in [0.15, 0.2) is 12.4 Å². The summed E-state index contributed by atoms with van der Waals surface area (Å²) in [6.45, 7) is 3.13. The second kappa shape index (κ2) is 6.48. The molecule has 1 aliphatic carbocycles. The monoisotopic (exact) mass is 263 g/mol. The van der Waals surface area contributed by atoms with E-state index in [-0.39, 0.29) is 0 Å². The molecule has 1 aliphatic heterocycles. The van der Waals surface area contributed by atoms with E-state index >= 15 is 0 Å². The van der Waals surface area contributed by atoms with Crippen LogP contribution in [0.4, 0.5) is 0 Å². The summed E-state index contributed by atoms with van der Waals surface area (Å²) in [4.78, 5) is 0. The third kappa shape index (κ3) is 3.34. The van der Waals surface area contributed by atoms with Crippen LogP contribution >= 0.6 is 0 Å². The van der Waals surface area contributed by atoms with Gasteiger partial charge in [0, 0.05) is 24.8 Å². The number of piperidine rings is 1. The molecule has 5 heteroatoms. The van der Waals surface area contributed by atoms with Crippen LogP contribution in [0.3, 0.4) is 0 Å². The second-order valence-corrected chi connectivity index (χ2v) is 5.88. The molecule has 0 spiro atoms. The van der Waals surface area contributed by atoms with Crippen molar-refractivity contribution in [3.63, 3.8) is 0 Å². The fraction of sp³-hybridized carbons (Fsp3) is 0.857. The molecule has 106 valence electrons. The van der Waals surface area contributed by atoms with Crippen LogP contribution < -0.4 is 10.6 Å². The predicted molar refractivity (Wildman–Crippen MR) is 74.8 cm³/mol. The summed E-state index contributed by atoms with van der Waals surface area (Å²) < 4.78 is 1.90. The van der Waals surface area contributed by atoms with E-state index in [0.29, 0.717) is 6.04 Å². The summed E-state index contributed by atoms with van der Waals surface area (Å²) in [6, 6.07) is 1.44. The summed E-state index contributed by atoms with van der Waals surface area (Å²) in [5.41, 5.74) is 0. The van der Waals surface area contributed by atoms with Crippen molar-refractivity contribution in [1.82, 2.24) is 25.6 Å². The van der Waals surface area contributed by atoms with E-state index in [0.717, 1.165) is 25.0 Å². The molecule has 5 nitrogen and oxygen atoms in total. The standard InChI is InChI=1S/C14H25N5/c1-2-7-15-13(5-1)12-4-3-6-14(12)16-8-10-19-11-9-17-18-19/h9,11-16H,1-8,10H2. The molecule has 1 saturated carbocycles. The average Bonchev–Trinajstić information content (AvgIpc) is 3.11. The highest BCUT2D eigenvalue weighted by Gasteiger charge is 2.33. The largest absolute Gasteiger partial charge is 0.314 e. The van der Waals surface area contributed by atoms with Gasteiger partial charge >= 0.3 is 0 Å². The highest BCUT2D eigenvalue weighted by Crippen LogP contribution is 2.31. The smallest absolute Gasteiger partial charge is 0.0692 e. The molecule has 0 radical (unpaired) electrons. The number of nitrogens with one attached hydrogen (secondary N) is 2.